The zero-order valence-electron chi connectivity index (χ0n) is 16.4. The smallest absolute Gasteiger partial charge is 0.287 e. The van der Waals surface area contributed by atoms with Crippen molar-refractivity contribution in [2.75, 3.05) is 0 Å². The predicted octanol–water partition coefficient (Wildman–Crippen LogP) is 4.33. The first-order valence-corrected chi connectivity index (χ1v) is 11.4. The molecule has 1 amide bonds. The molecule has 150 valence electrons. The Hall–Kier alpha value is -1.64. The Kier molecular flexibility index (Phi) is 6.88. The van der Waals surface area contributed by atoms with Gasteiger partial charge in [-0.3, -0.25) is 4.79 Å². The summed E-state index contributed by atoms with van der Waals surface area (Å²) in [4.78, 5) is 13.8. The molecule has 0 spiro atoms. The maximum atomic E-state index is 12.7. The van der Waals surface area contributed by atoms with E-state index in [1.165, 1.54) is 12.1 Å². The van der Waals surface area contributed by atoms with Gasteiger partial charge in [0.2, 0.25) is 5.09 Å². The lowest BCUT2D eigenvalue weighted by molar-refractivity contribution is 0.0887. The molecule has 1 unspecified atom stereocenters. The molecule has 0 aliphatic carbocycles. The monoisotopic (exact) mass is 412 g/mol. The molecule has 1 atom stereocenters. The van der Waals surface area contributed by atoms with Crippen LogP contribution in [0.1, 0.15) is 68.9 Å². The molecule has 27 heavy (non-hydrogen) atoms. The standard InChI is InChI=1S/C19H28N2O4S2/c1-6-13(7-2)17(15-9-8-12-26-15)20-18(22)14-10-11-16(25-14)27(23,24)21-19(3,4)5/h8-13,17,21H,6-7H2,1-5H3,(H,20,22). The summed E-state index contributed by atoms with van der Waals surface area (Å²) in [5.41, 5.74) is -0.645. The van der Waals surface area contributed by atoms with Crippen LogP contribution in [0.25, 0.3) is 0 Å². The zero-order chi connectivity index (χ0) is 20.2. The van der Waals surface area contributed by atoms with Gasteiger partial charge in [0.1, 0.15) is 0 Å². The fourth-order valence-electron chi connectivity index (χ4n) is 2.90. The molecule has 0 aliphatic heterocycles. The van der Waals surface area contributed by atoms with Crippen molar-refractivity contribution in [3.8, 4) is 0 Å². The number of amides is 1. The molecule has 2 aromatic rings. The number of carbonyl (C=O) groups excluding carboxylic acids is 1. The van der Waals surface area contributed by atoms with Gasteiger partial charge in [-0.1, -0.05) is 32.8 Å². The first-order chi connectivity index (χ1) is 12.6. The van der Waals surface area contributed by atoms with Gasteiger partial charge < -0.3 is 9.73 Å². The van der Waals surface area contributed by atoms with Gasteiger partial charge in [0.05, 0.1) is 6.04 Å². The van der Waals surface area contributed by atoms with E-state index < -0.39 is 21.5 Å². The normalized spacial score (nSPS) is 13.7. The average molecular weight is 413 g/mol. The molecule has 2 N–H and O–H groups in total. The van der Waals surface area contributed by atoms with E-state index in [1.54, 1.807) is 32.1 Å². The SMILES string of the molecule is CCC(CC)C(NC(=O)c1ccc(S(=O)(=O)NC(C)(C)C)o1)c1cccs1. The Morgan fingerprint density at radius 2 is 1.85 bits per heavy atom. The second kappa shape index (κ2) is 8.58. The minimum atomic E-state index is -3.82. The molecule has 0 aromatic carbocycles. The molecular formula is C19H28N2O4S2. The maximum Gasteiger partial charge on any atom is 0.287 e. The summed E-state index contributed by atoms with van der Waals surface area (Å²) in [5.74, 6) is -0.150. The van der Waals surface area contributed by atoms with Crippen molar-refractivity contribution in [3.63, 3.8) is 0 Å². The quantitative estimate of drug-likeness (QED) is 0.676. The van der Waals surface area contributed by atoms with Crippen LogP contribution in [0.4, 0.5) is 0 Å². The van der Waals surface area contributed by atoms with Gasteiger partial charge in [-0.15, -0.1) is 11.3 Å². The Morgan fingerprint density at radius 1 is 1.19 bits per heavy atom. The Balaban J connectivity index is 2.21. The molecule has 2 aromatic heterocycles. The van der Waals surface area contributed by atoms with Crippen LogP contribution < -0.4 is 10.0 Å². The Morgan fingerprint density at radius 3 is 2.37 bits per heavy atom. The molecule has 2 rings (SSSR count). The number of thiophene rings is 1. The van der Waals surface area contributed by atoms with E-state index in [-0.39, 0.29) is 22.8 Å². The van der Waals surface area contributed by atoms with Crippen LogP contribution in [0, 0.1) is 5.92 Å². The third-order valence-electron chi connectivity index (χ3n) is 4.17. The predicted molar refractivity (Wildman–Crippen MR) is 107 cm³/mol. The fraction of sp³-hybridized carbons (Fsp3) is 0.526. The van der Waals surface area contributed by atoms with Crippen molar-refractivity contribution in [1.29, 1.82) is 0 Å². The van der Waals surface area contributed by atoms with Crippen LogP contribution in [-0.4, -0.2) is 19.9 Å². The van der Waals surface area contributed by atoms with Gasteiger partial charge in [0, 0.05) is 10.4 Å². The van der Waals surface area contributed by atoms with Gasteiger partial charge in [-0.2, -0.15) is 0 Å². The van der Waals surface area contributed by atoms with E-state index in [2.05, 4.69) is 23.9 Å². The summed E-state index contributed by atoms with van der Waals surface area (Å²) in [7, 11) is -3.82. The summed E-state index contributed by atoms with van der Waals surface area (Å²) in [6.07, 6.45) is 1.85. The molecule has 0 bridgehead atoms. The van der Waals surface area contributed by atoms with E-state index in [0.717, 1.165) is 17.7 Å². The molecule has 0 fully saturated rings. The third kappa shape index (κ3) is 5.67. The van der Waals surface area contributed by atoms with Gasteiger partial charge in [-0.05, 0) is 50.3 Å². The Bertz CT molecular complexity index is 845. The lowest BCUT2D eigenvalue weighted by Crippen LogP contribution is -2.40. The van der Waals surface area contributed by atoms with E-state index in [0.29, 0.717) is 0 Å². The van der Waals surface area contributed by atoms with Crippen LogP contribution in [-0.2, 0) is 10.0 Å². The van der Waals surface area contributed by atoms with Crippen LogP contribution in [0.15, 0.2) is 39.2 Å². The first kappa shape index (κ1) is 21.7. The summed E-state index contributed by atoms with van der Waals surface area (Å²) in [6, 6.07) is 6.52. The van der Waals surface area contributed by atoms with Crippen molar-refractivity contribution in [2.45, 2.75) is 64.1 Å². The summed E-state index contributed by atoms with van der Waals surface area (Å²) >= 11 is 1.59. The summed E-state index contributed by atoms with van der Waals surface area (Å²) in [6.45, 7) is 9.40. The lowest BCUT2D eigenvalue weighted by Gasteiger charge is -2.25. The van der Waals surface area contributed by atoms with Crippen LogP contribution in [0.2, 0.25) is 0 Å². The van der Waals surface area contributed by atoms with E-state index >= 15 is 0 Å². The number of furan rings is 1. The number of carbonyl (C=O) groups is 1. The van der Waals surface area contributed by atoms with Crippen LogP contribution >= 0.6 is 11.3 Å². The zero-order valence-corrected chi connectivity index (χ0v) is 18.0. The maximum absolute atomic E-state index is 12.7. The molecule has 8 heteroatoms. The molecule has 2 heterocycles. The highest BCUT2D eigenvalue weighted by Crippen LogP contribution is 2.31. The van der Waals surface area contributed by atoms with Gasteiger partial charge in [-0.25, -0.2) is 13.1 Å². The molecule has 0 saturated carbocycles. The molecule has 0 saturated heterocycles. The number of nitrogens with one attached hydrogen (secondary N) is 2. The summed E-state index contributed by atoms with van der Waals surface area (Å²) in [5, 5.41) is 4.73. The molecule has 0 aliphatic rings. The van der Waals surface area contributed by atoms with Gasteiger partial charge >= 0.3 is 0 Å². The van der Waals surface area contributed by atoms with E-state index in [9.17, 15) is 13.2 Å². The highest BCUT2D eigenvalue weighted by Gasteiger charge is 2.28. The van der Waals surface area contributed by atoms with Gasteiger partial charge in [0.15, 0.2) is 5.76 Å². The van der Waals surface area contributed by atoms with Crippen LogP contribution in [0.5, 0.6) is 0 Å². The minimum absolute atomic E-state index is 0.0169. The third-order valence-corrected chi connectivity index (χ3v) is 6.75. The highest BCUT2D eigenvalue weighted by atomic mass is 32.2. The topological polar surface area (TPSA) is 88.4 Å². The number of sulfonamides is 1. The lowest BCUT2D eigenvalue weighted by atomic mass is 9.93. The van der Waals surface area contributed by atoms with Crippen molar-refractivity contribution < 1.29 is 17.6 Å². The van der Waals surface area contributed by atoms with E-state index in [4.69, 9.17) is 4.42 Å². The minimum Gasteiger partial charge on any atom is -0.438 e. The van der Waals surface area contributed by atoms with E-state index in [1.807, 2.05) is 17.5 Å². The first-order valence-electron chi connectivity index (χ1n) is 9.05. The largest absolute Gasteiger partial charge is 0.438 e. The Labute approximate surface area is 165 Å². The fourth-order valence-corrected chi connectivity index (χ4v) is 5.12. The second-order valence-corrected chi connectivity index (χ2v) is 10.1. The number of rotatable bonds is 8. The number of hydrogen-bond donors (Lipinski definition) is 2. The number of hydrogen-bond acceptors (Lipinski definition) is 5. The van der Waals surface area contributed by atoms with Gasteiger partial charge in [0.25, 0.3) is 15.9 Å². The molecule has 0 radical (unpaired) electrons. The van der Waals surface area contributed by atoms with Crippen molar-refractivity contribution >= 4 is 27.3 Å². The average Bonchev–Trinajstić information content (AvgIpc) is 3.24. The second-order valence-electron chi connectivity index (χ2n) is 7.52. The summed E-state index contributed by atoms with van der Waals surface area (Å²) < 4.78 is 32.6. The molecule has 6 nitrogen and oxygen atoms in total. The highest BCUT2D eigenvalue weighted by molar-refractivity contribution is 7.89. The van der Waals surface area contributed by atoms with Crippen molar-refractivity contribution in [1.82, 2.24) is 10.0 Å². The van der Waals surface area contributed by atoms with Crippen molar-refractivity contribution in [3.05, 3.63) is 40.3 Å². The molecular weight excluding hydrogens is 384 g/mol. The van der Waals surface area contributed by atoms with Crippen LogP contribution in [0.3, 0.4) is 0 Å². The van der Waals surface area contributed by atoms with Crippen molar-refractivity contribution in [2.24, 2.45) is 5.92 Å².